The van der Waals surface area contributed by atoms with Gasteiger partial charge in [0, 0.05) is 5.92 Å². The van der Waals surface area contributed by atoms with Crippen molar-refractivity contribution in [2.45, 2.75) is 33.6 Å². The Bertz CT molecular complexity index is 173. The van der Waals surface area contributed by atoms with E-state index in [4.69, 9.17) is 0 Å². The fraction of sp³-hybridized carbons (Fsp3) is 0.909. The van der Waals surface area contributed by atoms with Crippen molar-refractivity contribution in [3.8, 4) is 0 Å². The summed E-state index contributed by atoms with van der Waals surface area (Å²) in [5.41, 5.74) is 0. The fourth-order valence-corrected chi connectivity index (χ4v) is 2.15. The van der Waals surface area contributed by atoms with Crippen molar-refractivity contribution in [1.29, 1.82) is 0 Å². The molecule has 1 heterocycles. The third-order valence-electron chi connectivity index (χ3n) is 3.56. The van der Waals surface area contributed by atoms with Crippen molar-refractivity contribution in [2.75, 3.05) is 13.1 Å². The minimum atomic E-state index is 0.239. The number of hydrogen-bond acceptors (Lipinski definition) is 2. The highest BCUT2D eigenvalue weighted by Crippen LogP contribution is 2.28. The van der Waals surface area contributed by atoms with Gasteiger partial charge in [0.15, 0.2) is 0 Å². The second kappa shape index (κ2) is 4.75. The molecule has 0 bridgehead atoms. The van der Waals surface area contributed by atoms with Crippen molar-refractivity contribution < 1.29 is 4.79 Å². The molecule has 13 heavy (non-hydrogen) atoms. The van der Waals surface area contributed by atoms with Crippen LogP contribution in [0.4, 0.5) is 0 Å². The van der Waals surface area contributed by atoms with E-state index in [0.717, 1.165) is 19.0 Å². The van der Waals surface area contributed by atoms with Gasteiger partial charge in [-0.1, -0.05) is 13.8 Å². The molecule has 0 aromatic carbocycles. The highest BCUT2D eigenvalue weighted by Gasteiger charge is 2.26. The molecule has 1 saturated heterocycles. The maximum Gasteiger partial charge on any atom is 0.132 e. The molecule has 76 valence electrons. The quantitative estimate of drug-likeness (QED) is 0.723. The number of carbonyl (C=O) groups excluding carboxylic acids is 1. The van der Waals surface area contributed by atoms with E-state index < -0.39 is 0 Å². The normalized spacial score (nSPS) is 23.9. The minimum absolute atomic E-state index is 0.239. The van der Waals surface area contributed by atoms with Crippen LogP contribution in [0, 0.1) is 17.8 Å². The Morgan fingerprint density at radius 2 is 1.85 bits per heavy atom. The lowest BCUT2D eigenvalue weighted by Crippen LogP contribution is -2.34. The van der Waals surface area contributed by atoms with Gasteiger partial charge in [-0.2, -0.15) is 0 Å². The van der Waals surface area contributed by atoms with Crippen LogP contribution in [0.15, 0.2) is 0 Å². The summed E-state index contributed by atoms with van der Waals surface area (Å²) in [6.45, 7) is 8.25. The zero-order chi connectivity index (χ0) is 9.84. The highest BCUT2D eigenvalue weighted by molar-refractivity contribution is 5.78. The summed E-state index contributed by atoms with van der Waals surface area (Å²) in [5.74, 6) is 1.88. The average Bonchev–Trinajstić information content (AvgIpc) is 2.17. The van der Waals surface area contributed by atoms with Crippen LogP contribution in [-0.4, -0.2) is 18.9 Å². The average molecular weight is 183 g/mol. The molecular formula is C11H21NO. The van der Waals surface area contributed by atoms with Crippen molar-refractivity contribution in [3.63, 3.8) is 0 Å². The third kappa shape index (κ3) is 2.80. The Labute approximate surface area is 81.1 Å². The molecule has 0 aromatic rings. The standard InChI is InChI=1S/C11H21NO/c1-8(10(3)13)9(2)11-4-6-12-7-5-11/h8-9,11-12H,4-7H2,1-3H3. The highest BCUT2D eigenvalue weighted by atomic mass is 16.1. The van der Waals surface area contributed by atoms with Gasteiger partial charge in [-0.25, -0.2) is 0 Å². The van der Waals surface area contributed by atoms with Crippen LogP contribution in [0.3, 0.4) is 0 Å². The first-order valence-electron chi connectivity index (χ1n) is 5.34. The molecule has 1 fully saturated rings. The number of carbonyl (C=O) groups is 1. The first-order chi connectivity index (χ1) is 6.13. The van der Waals surface area contributed by atoms with Crippen LogP contribution in [0.5, 0.6) is 0 Å². The zero-order valence-electron chi connectivity index (χ0n) is 8.97. The van der Waals surface area contributed by atoms with Gasteiger partial charge < -0.3 is 5.32 Å². The SMILES string of the molecule is CC(=O)C(C)C(C)C1CCNCC1. The molecule has 1 aliphatic rings. The van der Waals surface area contributed by atoms with Gasteiger partial charge in [-0.05, 0) is 44.7 Å². The van der Waals surface area contributed by atoms with E-state index in [1.807, 2.05) is 0 Å². The van der Waals surface area contributed by atoms with Crippen molar-refractivity contribution in [1.82, 2.24) is 5.32 Å². The Morgan fingerprint density at radius 3 is 2.31 bits per heavy atom. The van der Waals surface area contributed by atoms with Crippen LogP contribution in [0.25, 0.3) is 0 Å². The lowest BCUT2D eigenvalue weighted by molar-refractivity contribution is -0.122. The smallest absolute Gasteiger partial charge is 0.132 e. The van der Waals surface area contributed by atoms with Gasteiger partial charge in [-0.3, -0.25) is 4.79 Å². The van der Waals surface area contributed by atoms with E-state index >= 15 is 0 Å². The fourth-order valence-electron chi connectivity index (χ4n) is 2.15. The maximum atomic E-state index is 11.2. The number of hydrogen-bond donors (Lipinski definition) is 1. The largest absolute Gasteiger partial charge is 0.317 e. The lowest BCUT2D eigenvalue weighted by atomic mass is 9.77. The first-order valence-corrected chi connectivity index (χ1v) is 5.34. The lowest BCUT2D eigenvalue weighted by Gasteiger charge is -2.31. The first kappa shape index (κ1) is 10.7. The topological polar surface area (TPSA) is 29.1 Å². The Balaban J connectivity index is 2.44. The van der Waals surface area contributed by atoms with Crippen molar-refractivity contribution >= 4 is 5.78 Å². The number of nitrogens with one attached hydrogen (secondary N) is 1. The Hall–Kier alpha value is -0.370. The van der Waals surface area contributed by atoms with Crippen LogP contribution < -0.4 is 5.32 Å². The van der Waals surface area contributed by atoms with Gasteiger partial charge in [0.05, 0.1) is 0 Å². The van der Waals surface area contributed by atoms with E-state index in [9.17, 15) is 4.79 Å². The van der Waals surface area contributed by atoms with E-state index in [0.29, 0.717) is 11.7 Å². The monoisotopic (exact) mass is 183 g/mol. The predicted octanol–water partition coefficient (Wildman–Crippen LogP) is 1.85. The second-order valence-electron chi connectivity index (χ2n) is 4.35. The summed E-state index contributed by atoms with van der Waals surface area (Å²) in [6, 6.07) is 0. The zero-order valence-corrected chi connectivity index (χ0v) is 8.97. The molecule has 0 aliphatic carbocycles. The number of piperidine rings is 1. The summed E-state index contributed by atoms with van der Waals surface area (Å²) < 4.78 is 0. The molecule has 0 aromatic heterocycles. The van der Waals surface area contributed by atoms with Crippen LogP contribution >= 0.6 is 0 Å². The van der Waals surface area contributed by atoms with Crippen LogP contribution in [-0.2, 0) is 4.79 Å². The number of Topliss-reactive ketones (excluding diaryl/α,β-unsaturated/α-hetero) is 1. The summed E-state index contributed by atoms with van der Waals surface area (Å²) in [5, 5.41) is 3.35. The molecule has 0 saturated carbocycles. The molecule has 2 nitrogen and oxygen atoms in total. The molecule has 2 heteroatoms. The van der Waals surface area contributed by atoms with E-state index in [1.54, 1.807) is 6.92 Å². The molecule has 1 N–H and O–H groups in total. The van der Waals surface area contributed by atoms with Gasteiger partial charge in [-0.15, -0.1) is 0 Å². The molecular weight excluding hydrogens is 162 g/mol. The molecule has 1 aliphatic heterocycles. The molecule has 0 spiro atoms. The number of ketones is 1. The van der Waals surface area contributed by atoms with E-state index in [2.05, 4.69) is 19.2 Å². The Morgan fingerprint density at radius 1 is 1.31 bits per heavy atom. The summed E-state index contributed by atoms with van der Waals surface area (Å²) in [7, 11) is 0. The summed E-state index contributed by atoms with van der Waals surface area (Å²) >= 11 is 0. The second-order valence-corrected chi connectivity index (χ2v) is 4.35. The molecule has 0 radical (unpaired) electrons. The molecule has 0 amide bonds. The Kier molecular flexibility index (Phi) is 3.91. The van der Waals surface area contributed by atoms with E-state index in [1.165, 1.54) is 12.8 Å². The van der Waals surface area contributed by atoms with Gasteiger partial charge >= 0.3 is 0 Å². The van der Waals surface area contributed by atoms with Crippen LogP contribution in [0.2, 0.25) is 0 Å². The van der Waals surface area contributed by atoms with Gasteiger partial charge in [0.2, 0.25) is 0 Å². The number of rotatable bonds is 3. The predicted molar refractivity (Wildman–Crippen MR) is 54.6 cm³/mol. The summed E-state index contributed by atoms with van der Waals surface area (Å²) in [4.78, 5) is 11.2. The van der Waals surface area contributed by atoms with Gasteiger partial charge in [0.25, 0.3) is 0 Å². The minimum Gasteiger partial charge on any atom is -0.317 e. The molecule has 2 atom stereocenters. The van der Waals surface area contributed by atoms with E-state index in [-0.39, 0.29) is 5.92 Å². The van der Waals surface area contributed by atoms with Crippen molar-refractivity contribution in [3.05, 3.63) is 0 Å². The van der Waals surface area contributed by atoms with Gasteiger partial charge in [0.1, 0.15) is 5.78 Å². The molecule has 2 unspecified atom stereocenters. The maximum absolute atomic E-state index is 11.2. The molecule has 1 rings (SSSR count). The summed E-state index contributed by atoms with van der Waals surface area (Å²) in [6.07, 6.45) is 2.47. The van der Waals surface area contributed by atoms with Crippen LogP contribution in [0.1, 0.15) is 33.6 Å². The van der Waals surface area contributed by atoms with Crippen molar-refractivity contribution in [2.24, 2.45) is 17.8 Å². The third-order valence-corrected chi connectivity index (χ3v) is 3.56.